The third-order valence-corrected chi connectivity index (χ3v) is 6.85. The predicted molar refractivity (Wildman–Crippen MR) is 126 cm³/mol. The number of carbonyl (C=O) groups is 1. The lowest BCUT2D eigenvalue weighted by molar-refractivity contribution is 0.0945. The summed E-state index contributed by atoms with van der Waals surface area (Å²) >= 11 is 0. The fraction of sp³-hybridized carbons (Fsp3) is 0.560. The number of hydrogen-bond acceptors (Lipinski definition) is 6. The number of likely N-dealkylation sites (N-methyl/N-ethyl adjacent to an activating group) is 1. The number of rotatable bonds is 8. The minimum absolute atomic E-state index is 0.0898. The van der Waals surface area contributed by atoms with Gasteiger partial charge in [0.1, 0.15) is 11.5 Å². The molecule has 172 valence electrons. The number of amides is 1. The van der Waals surface area contributed by atoms with Crippen molar-refractivity contribution < 1.29 is 9.53 Å². The highest BCUT2D eigenvalue weighted by atomic mass is 16.5. The molecule has 1 amide bonds. The first-order valence-electron chi connectivity index (χ1n) is 11.7. The zero-order valence-electron chi connectivity index (χ0n) is 19.5. The minimum atomic E-state index is -0.205. The molecule has 1 unspecified atom stereocenters. The van der Waals surface area contributed by atoms with Crippen LogP contribution in [0.1, 0.15) is 53.4 Å². The van der Waals surface area contributed by atoms with Crippen LogP contribution in [0.4, 0.5) is 5.82 Å². The second kappa shape index (κ2) is 10.4. The Bertz CT molecular complexity index is 913. The van der Waals surface area contributed by atoms with Gasteiger partial charge in [-0.2, -0.15) is 0 Å². The average Bonchev–Trinajstić information content (AvgIpc) is 2.98. The first-order chi connectivity index (χ1) is 15.5. The Balaban J connectivity index is 1.31. The highest BCUT2D eigenvalue weighted by Crippen LogP contribution is 2.27. The summed E-state index contributed by atoms with van der Waals surface area (Å²) in [5.74, 6) is 0.509. The Hall–Kier alpha value is -2.51. The number of hydrogen-bond donors (Lipinski definition) is 1. The number of anilines is 1. The van der Waals surface area contributed by atoms with Gasteiger partial charge in [0.2, 0.25) is 0 Å². The third kappa shape index (κ3) is 5.45. The highest BCUT2D eigenvalue weighted by Gasteiger charge is 2.26. The van der Waals surface area contributed by atoms with E-state index in [1.807, 2.05) is 18.9 Å². The van der Waals surface area contributed by atoms with E-state index in [0.29, 0.717) is 24.6 Å². The molecule has 2 heterocycles. The molecule has 1 aromatic carbocycles. The molecule has 1 aromatic heterocycles. The Morgan fingerprint density at radius 1 is 1.22 bits per heavy atom. The maximum absolute atomic E-state index is 12.6. The Morgan fingerprint density at radius 2 is 2.00 bits per heavy atom. The van der Waals surface area contributed by atoms with Crippen molar-refractivity contribution in [2.24, 2.45) is 0 Å². The normalized spacial score (nSPS) is 17.7. The van der Waals surface area contributed by atoms with Crippen LogP contribution in [0.2, 0.25) is 0 Å². The van der Waals surface area contributed by atoms with Crippen molar-refractivity contribution in [2.45, 2.75) is 57.7 Å². The number of benzene rings is 1. The fourth-order valence-corrected chi connectivity index (χ4v) is 4.48. The van der Waals surface area contributed by atoms with E-state index in [4.69, 9.17) is 4.74 Å². The number of carbonyl (C=O) groups excluding carboxylic acids is 1. The SMILES string of the molecule is COC(C)CN(C)c1cnc(C(=O)NCc2ccc3c(c2)CCN(C2CCC2)CC3)cn1. The first kappa shape index (κ1) is 22.7. The molecule has 0 radical (unpaired) electrons. The maximum Gasteiger partial charge on any atom is 0.271 e. The molecule has 1 saturated carbocycles. The van der Waals surface area contributed by atoms with Gasteiger partial charge < -0.3 is 15.0 Å². The van der Waals surface area contributed by atoms with Crippen LogP contribution in [0.15, 0.2) is 30.6 Å². The van der Waals surface area contributed by atoms with E-state index in [-0.39, 0.29) is 12.0 Å². The molecule has 2 aromatic rings. The summed E-state index contributed by atoms with van der Waals surface area (Å²) in [5, 5.41) is 2.99. The lowest BCUT2D eigenvalue weighted by atomic mass is 9.91. The first-order valence-corrected chi connectivity index (χ1v) is 11.7. The topological polar surface area (TPSA) is 70.6 Å². The van der Waals surface area contributed by atoms with Gasteiger partial charge in [0.25, 0.3) is 5.91 Å². The molecule has 1 aliphatic heterocycles. The molecule has 0 bridgehead atoms. The number of aromatic nitrogens is 2. The molecular weight excluding hydrogens is 402 g/mol. The highest BCUT2D eigenvalue weighted by molar-refractivity contribution is 5.91. The molecule has 2 aliphatic rings. The van der Waals surface area contributed by atoms with E-state index in [2.05, 4.69) is 38.4 Å². The average molecular weight is 438 g/mol. The molecule has 0 spiro atoms. The number of fused-ring (bicyclic) bond motifs is 1. The summed E-state index contributed by atoms with van der Waals surface area (Å²) < 4.78 is 5.29. The number of nitrogens with one attached hydrogen (secondary N) is 1. The van der Waals surface area contributed by atoms with Gasteiger partial charge in [0.15, 0.2) is 0 Å². The Morgan fingerprint density at radius 3 is 2.66 bits per heavy atom. The zero-order chi connectivity index (χ0) is 22.5. The monoisotopic (exact) mass is 437 g/mol. The van der Waals surface area contributed by atoms with E-state index < -0.39 is 0 Å². The van der Waals surface area contributed by atoms with E-state index in [1.165, 1.54) is 43.1 Å². The van der Waals surface area contributed by atoms with Gasteiger partial charge in [-0.05, 0) is 49.3 Å². The molecule has 1 N–H and O–H groups in total. The largest absolute Gasteiger partial charge is 0.380 e. The van der Waals surface area contributed by atoms with Crippen molar-refractivity contribution in [1.29, 1.82) is 0 Å². The van der Waals surface area contributed by atoms with Crippen molar-refractivity contribution in [2.75, 3.05) is 38.7 Å². The molecule has 1 atom stereocenters. The molecule has 32 heavy (non-hydrogen) atoms. The smallest absolute Gasteiger partial charge is 0.271 e. The molecule has 1 aliphatic carbocycles. The van der Waals surface area contributed by atoms with Crippen LogP contribution < -0.4 is 10.2 Å². The lowest BCUT2D eigenvalue weighted by Gasteiger charge is -2.36. The van der Waals surface area contributed by atoms with Gasteiger partial charge in [-0.25, -0.2) is 9.97 Å². The zero-order valence-corrected chi connectivity index (χ0v) is 19.5. The van der Waals surface area contributed by atoms with Crippen LogP contribution in [-0.2, 0) is 24.1 Å². The van der Waals surface area contributed by atoms with Crippen molar-refractivity contribution >= 4 is 11.7 Å². The van der Waals surface area contributed by atoms with Crippen molar-refractivity contribution in [3.63, 3.8) is 0 Å². The molecule has 1 fully saturated rings. The van der Waals surface area contributed by atoms with Crippen molar-refractivity contribution in [3.8, 4) is 0 Å². The van der Waals surface area contributed by atoms with Crippen LogP contribution in [0, 0.1) is 0 Å². The summed E-state index contributed by atoms with van der Waals surface area (Å²) in [7, 11) is 3.62. The number of ether oxygens (including phenoxy) is 1. The van der Waals surface area contributed by atoms with E-state index in [1.54, 1.807) is 13.3 Å². The summed E-state index contributed by atoms with van der Waals surface area (Å²) in [4.78, 5) is 25.9. The van der Waals surface area contributed by atoms with Gasteiger partial charge in [-0.1, -0.05) is 24.6 Å². The minimum Gasteiger partial charge on any atom is -0.380 e. The summed E-state index contributed by atoms with van der Waals surface area (Å²) in [6.07, 6.45) is 9.58. The van der Waals surface area contributed by atoms with E-state index in [9.17, 15) is 4.79 Å². The van der Waals surface area contributed by atoms with Gasteiger partial charge in [0.05, 0.1) is 18.5 Å². The standard InChI is InChI=1S/C25H35N5O2/c1-18(32-3)17-29(2)24-16-26-23(15-27-24)25(31)28-14-19-7-8-20-9-11-30(22-5-4-6-22)12-10-21(20)13-19/h7-8,13,15-16,18,22H,4-6,9-12,14,17H2,1-3H3,(H,28,31). The van der Waals surface area contributed by atoms with Gasteiger partial charge in [0, 0.05) is 46.4 Å². The summed E-state index contributed by atoms with van der Waals surface area (Å²) in [6.45, 7) is 5.51. The van der Waals surface area contributed by atoms with Crippen LogP contribution in [0.25, 0.3) is 0 Å². The van der Waals surface area contributed by atoms with Crippen LogP contribution in [0.5, 0.6) is 0 Å². The van der Waals surface area contributed by atoms with E-state index in [0.717, 1.165) is 31.0 Å². The van der Waals surface area contributed by atoms with Crippen molar-refractivity contribution in [3.05, 3.63) is 53.0 Å². The fourth-order valence-electron chi connectivity index (χ4n) is 4.48. The van der Waals surface area contributed by atoms with Gasteiger partial charge in [-0.15, -0.1) is 0 Å². The van der Waals surface area contributed by atoms with Crippen LogP contribution in [-0.4, -0.2) is 66.7 Å². The quantitative estimate of drug-likeness (QED) is 0.685. The Kier molecular flexibility index (Phi) is 7.37. The lowest BCUT2D eigenvalue weighted by Crippen LogP contribution is -2.41. The molecule has 7 heteroatoms. The summed E-state index contributed by atoms with van der Waals surface area (Å²) in [5.41, 5.74) is 4.34. The van der Waals surface area contributed by atoms with Gasteiger partial charge >= 0.3 is 0 Å². The third-order valence-electron chi connectivity index (χ3n) is 6.85. The van der Waals surface area contributed by atoms with E-state index >= 15 is 0 Å². The predicted octanol–water partition coefficient (Wildman–Crippen LogP) is 2.83. The van der Waals surface area contributed by atoms with Gasteiger partial charge in [-0.3, -0.25) is 9.69 Å². The molecule has 0 saturated heterocycles. The second-order valence-corrected chi connectivity index (χ2v) is 9.09. The number of nitrogens with zero attached hydrogens (tertiary/aromatic N) is 4. The molecular formula is C25H35N5O2. The maximum atomic E-state index is 12.6. The Labute approximate surface area is 191 Å². The summed E-state index contributed by atoms with van der Waals surface area (Å²) in [6, 6.07) is 7.45. The molecule has 4 rings (SSSR count). The van der Waals surface area contributed by atoms with Crippen LogP contribution >= 0.6 is 0 Å². The second-order valence-electron chi connectivity index (χ2n) is 9.09. The van der Waals surface area contributed by atoms with Crippen molar-refractivity contribution in [1.82, 2.24) is 20.2 Å². The number of methoxy groups -OCH3 is 1. The molecule has 7 nitrogen and oxygen atoms in total. The van der Waals surface area contributed by atoms with Crippen LogP contribution in [0.3, 0.4) is 0 Å².